The van der Waals surface area contributed by atoms with Gasteiger partial charge in [0.05, 0.1) is 24.9 Å². The Bertz CT molecular complexity index is 588. The zero-order chi connectivity index (χ0) is 24.2. The van der Waals surface area contributed by atoms with E-state index in [2.05, 4.69) is 67.7 Å². The maximum atomic E-state index is 13.3. The van der Waals surface area contributed by atoms with E-state index in [1.807, 2.05) is 33.8 Å². The minimum absolute atomic E-state index is 0.0582. The summed E-state index contributed by atoms with van der Waals surface area (Å²) in [5.74, 6) is 1.57. The first-order valence-corrected chi connectivity index (χ1v) is 18.5. The molecule has 0 amide bonds. The highest BCUT2D eigenvalue weighted by atomic mass is 31.2. The molecule has 0 aromatic carbocycles. The quantitative estimate of drug-likeness (QED) is 0.222. The fourth-order valence-electron chi connectivity index (χ4n) is 2.08. The fourth-order valence-corrected chi connectivity index (χ4v) is 6.11. The van der Waals surface area contributed by atoms with Gasteiger partial charge in [0, 0.05) is 5.82 Å². The molecular formula is C22H49O5PSi2. The van der Waals surface area contributed by atoms with Crippen LogP contribution < -0.4 is 0 Å². The summed E-state index contributed by atoms with van der Waals surface area (Å²) in [5, 5.41) is 0.164. The van der Waals surface area contributed by atoms with Gasteiger partial charge in [-0.1, -0.05) is 41.5 Å². The third kappa shape index (κ3) is 10.2. The van der Waals surface area contributed by atoms with Crippen molar-refractivity contribution in [1.29, 1.82) is 0 Å². The summed E-state index contributed by atoms with van der Waals surface area (Å²) in [5.41, 5.74) is 0. The van der Waals surface area contributed by atoms with Crippen molar-refractivity contribution >= 4 is 24.2 Å². The van der Waals surface area contributed by atoms with Crippen LogP contribution in [-0.2, 0) is 22.5 Å². The first-order chi connectivity index (χ1) is 13.1. The minimum atomic E-state index is -3.38. The van der Waals surface area contributed by atoms with E-state index in [9.17, 15) is 4.57 Å². The summed E-state index contributed by atoms with van der Waals surface area (Å²) < 4.78 is 37.7. The first kappa shape index (κ1) is 30.2. The van der Waals surface area contributed by atoms with Crippen LogP contribution in [0.3, 0.4) is 0 Å². The molecule has 30 heavy (non-hydrogen) atoms. The Hall–Kier alpha value is 0.244. The van der Waals surface area contributed by atoms with E-state index in [0.717, 1.165) is 0 Å². The van der Waals surface area contributed by atoms with E-state index in [0.29, 0.717) is 6.61 Å². The van der Waals surface area contributed by atoms with Gasteiger partial charge in [0.2, 0.25) is 0 Å². The van der Waals surface area contributed by atoms with Crippen LogP contribution in [0.1, 0.15) is 69.2 Å². The van der Waals surface area contributed by atoms with E-state index in [4.69, 9.17) is 17.9 Å². The third-order valence-corrected chi connectivity index (χ3v) is 16.8. The van der Waals surface area contributed by atoms with Gasteiger partial charge in [0.25, 0.3) is 0 Å². The summed E-state index contributed by atoms with van der Waals surface area (Å²) in [4.78, 5) is 0. The van der Waals surface area contributed by atoms with Gasteiger partial charge in [0.15, 0.2) is 16.6 Å². The molecule has 1 atom stereocenters. The Labute approximate surface area is 189 Å². The van der Waals surface area contributed by atoms with Crippen molar-refractivity contribution in [3.8, 4) is 0 Å². The van der Waals surface area contributed by atoms with E-state index < -0.39 is 24.2 Å². The second-order valence-corrected chi connectivity index (χ2v) is 23.0. The van der Waals surface area contributed by atoms with Gasteiger partial charge in [-0.3, -0.25) is 4.57 Å². The summed E-state index contributed by atoms with van der Waals surface area (Å²) >= 11 is 0. The smallest absolute Gasteiger partial charge is 0.354 e. The molecule has 0 saturated carbocycles. The summed E-state index contributed by atoms with van der Waals surface area (Å²) in [6.07, 6.45) is 1.11. The van der Waals surface area contributed by atoms with E-state index >= 15 is 0 Å². The minimum Gasteiger partial charge on any atom is -0.414 e. The van der Waals surface area contributed by atoms with Gasteiger partial charge in [-0.15, -0.1) is 0 Å². The topological polar surface area (TPSA) is 54.0 Å². The molecule has 0 heterocycles. The highest BCUT2D eigenvalue weighted by Gasteiger charge is 2.41. The molecule has 0 rings (SSSR count). The summed E-state index contributed by atoms with van der Waals surface area (Å²) in [6, 6.07) is 0. The lowest BCUT2D eigenvalue weighted by Crippen LogP contribution is -2.47. The predicted molar refractivity (Wildman–Crippen MR) is 134 cm³/mol. The monoisotopic (exact) mass is 480 g/mol. The molecule has 0 radical (unpaired) electrons. The van der Waals surface area contributed by atoms with Crippen molar-refractivity contribution in [3.05, 3.63) is 11.9 Å². The highest BCUT2D eigenvalue weighted by molar-refractivity contribution is 7.57. The maximum Gasteiger partial charge on any atom is 0.354 e. The zero-order valence-electron chi connectivity index (χ0n) is 22.1. The Kier molecular flexibility index (Phi) is 11.0. The highest BCUT2D eigenvalue weighted by Crippen LogP contribution is 2.52. The normalized spacial score (nSPS) is 16.1. The van der Waals surface area contributed by atoms with E-state index in [1.54, 1.807) is 5.82 Å². The fraction of sp³-hybridized carbons (Fsp3) is 0.909. The van der Waals surface area contributed by atoms with Crippen LogP contribution in [0.15, 0.2) is 11.9 Å². The lowest BCUT2D eigenvalue weighted by atomic mass is 10.2. The molecule has 0 aliphatic carbocycles. The average molecular weight is 481 g/mol. The van der Waals surface area contributed by atoms with Crippen molar-refractivity contribution in [1.82, 2.24) is 0 Å². The lowest BCUT2D eigenvalue weighted by molar-refractivity contribution is 0.138. The second-order valence-electron chi connectivity index (χ2n) is 11.7. The molecule has 0 fully saturated rings. The largest absolute Gasteiger partial charge is 0.414 e. The van der Waals surface area contributed by atoms with Gasteiger partial charge in [0.1, 0.15) is 0 Å². The van der Waals surface area contributed by atoms with Gasteiger partial charge in [-0.05, 0) is 70.0 Å². The van der Waals surface area contributed by atoms with Gasteiger partial charge in [-0.25, -0.2) is 0 Å². The number of hydrogen-bond acceptors (Lipinski definition) is 5. The molecule has 0 N–H and O–H groups in total. The Morgan fingerprint density at radius 3 is 1.53 bits per heavy atom. The van der Waals surface area contributed by atoms with Crippen molar-refractivity contribution in [2.24, 2.45) is 0 Å². The van der Waals surface area contributed by atoms with Crippen LogP contribution in [0.5, 0.6) is 0 Å². The number of hydrogen-bond donors (Lipinski definition) is 0. The van der Waals surface area contributed by atoms with Gasteiger partial charge >= 0.3 is 7.60 Å². The summed E-state index contributed by atoms with van der Waals surface area (Å²) in [7, 11) is -7.38. The SMILES string of the molecule is CC(C)OP(=O)(/C=C/C(CO[Si](C)(C)C(C)(C)C)O[Si](C)(C)C(C)(C)C)OC(C)C. The molecule has 1 unspecified atom stereocenters. The molecule has 8 heteroatoms. The molecule has 0 aromatic heterocycles. The molecule has 0 aliphatic heterocycles. The molecule has 0 aliphatic rings. The average Bonchev–Trinajstić information content (AvgIpc) is 2.45. The van der Waals surface area contributed by atoms with Crippen molar-refractivity contribution in [3.63, 3.8) is 0 Å². The Morgan fingerprint density at radius 2 is 1.20 bits per heavy atom. The van der Waals surface area contributed by atoms with E-state index in [1.165, 1.54) is 0 Å². The molecule has 0 spiro atoms. The molecule has 180 valence electrons. The van der Waals surface area contributed by atoms with Crippen LogP contribution in [0.2, 0.25) is 36.3 Å². The number of rotatable bonds is 11. The lowest BCUT2D eigenvalue weighted by Gasteiger charge is -2.41. The maximum absolute atomic E-state index is 13.3. The van der Waals surface area contributed by atoms with Crippen LogP contribution >= 0.6 is 7.60 Å². The van der Waals surface area contributed by atoms with E-state index in [-0.39, 0.29) is 28.4 Å². The first-order valence-electron chi connectivity index (χ1n) is 11.1. The van der Waals surface area contributed by atoms with Gasteiger partial charge < -0.3 is 17.9 Å². The molecule has 0 aromatic rings. The molecule has 0 bridgehead atoms. The van der Waals surface area contributed by atoms with Gasteiger partial charge in [-0.2, -0.15) is 0 Å². The van der Waals surface area contributed by atoms with Crippen LogP contribution in [-0.4, -0.2) is 41.6 Å². The van der Waals surface area contributed by atoms with Crippen LogP contribution in [0.4, 0.5) is 0 Å². The standard InChI is InChI=1S/C22H49O5PSi2/c1-18(2)25-28(23,26-19(3)4)16-15-20(27-30(13,14)22(8,9)10)17-24-29(11,12)21(5,6)7/h15-16,18-20H,17H2,1-14H3/b16-15+. The Balaban J connectivity index is 5.81. The molecule has 0 saturated heterocycles. The zero-order valence-corrected chi connectivity index (χ0v) is 25.0. The molecular weight excluding hydrogens is 431 g/mol. The molecule has 5 nitrogen and oxygen atoms in total. The Morgan fingerprint density at radius 1 is 0.800 bits per heavy atom. The van der Waals surface area contributed by atoms with Crippen LogP contribution in [0, 0.1) is 0 Å². The van der Waals surface area contributed by atoms with Crippen molar-refractivity contribution < 1.29 is 22.5 Å². The van der Waals surface area contributed by atoms with Crippen LogP contribution in [0.25, 0.3) is 0 Å². The third-order valence-electron chi connectivity index (χ3n) is 5.87. The van der Waals surface area contributed by atoms with Crippen molar-refractivity contribution in [2.75, 3.05) is 6.61 Å². The predicted octanol–water partition coefficient (Wildman–Crippen LogP) is 7.96. The second kappa shape index (κ2) is 10.9. The summed E-state index contributed by atoms with van der Waals surface area (Å²) in [6.45, 7) is 30.1. The van der Waals surface area contributed by atoms with Crippen molar-refractivity contribution in [2.45, 2.75) is 124 Å².